The molecule has 3 rings (SSSR count). The van der Waals surface area contributed by atoms with E-state index >= 15 is 0 Å². The van der Waals surface area contributed by atoms with E-state index in [0.717, 1.165) is 12.1 Å². The van der Waals surface area contributed by atoms with Gasteiger partial charge in [-0.05, 0) is 64.6 Å². The van der Waals surface area contributed by atoms with Gasteiger partial charge in [0.15, 0.2) is 0 Å². The molecule has 3 unspecified atom stereocenters. The van der Waals surface area contributed by atoms with Gasteiger partial charge in [-0.3, -0.25) is 0 Å². The van der Waals surface area contributed by atoms with E-state index in [9.17, 15) is 0 Å². The summed E-state index contributed by atoms with van der Waals surface area (Å²) in [6, 6.07) is 9.58. The predicted molar refractivity (Wildman–Crippen MR) is 89.7 cm³/mol. The molecular weight excluding hydrogens is 256 g/mol. The Morgan fingerprint density at radius 2 is 1.81 bits per heavy atom. The lowest BCUT2D eigenvalue weighted by Gasteiger charge is -2.47. The number of hydrogen-bond donors (Lipinski definition) is 1. The lowest BCUT2D eigenvalue weighted by atomic mass is 9.82. The first-order valence-electron chi connectivity index (χ1n) is 8.59. The molecular formula is C19H30N2. The molecule has 2 heterocycles. The van der Waals surface area contributed by atoms with Crippen molar-refractivity contribution < 1.29 is 0 Å². The average molecular weight is 286 g/mol. The number of fused-ring (bicyclic) bond motifs is 2. The number of aryl methyl sites for hydroxylation is 2. The van der Waals surface area contributed by atoms with E-state index in [4.69, 9.17) is 0 Å². The monoisotopic (exact) mass is 286 g/mol. The summed E-state index contributed by atoms with van der Waals surface area (Å²) in [6.45, 7) is 6.75. The minimum Gasteiger partial charge on any atom is -0.307 e. The highest BCUT2D eigenvalue weighted by Gasteiger charge is 2.36. The second kappa shape index (κ2) is 6.10. The van der Waals surface area contributed by atoms with Crippen LogP contribution in [0.3, 0.4) is 0 Å². The minimum atomic E-state index is 0.457. The molecule has 0 spiro atoms. The molecule has 2 heteroatoms. The van der Waals surface area contributed by atoms with Gasteiger partial charge in [0.05, 0.1) is 0 Å². The number of rotatable bonds is 3. The molecule has 2 saturated heterocycles. The molecule has 116 valence electrons. The summed E-state index contributed by atoms with van der Waals surface area (Å²) < 4.78 is 0. The van der Waals surface area contributed by atoms with Crippen LogP contribution in [0.2, 0.25) is 0 Å². The summed E-state index contributed by atoms with van der Waals surface area (Å²) in [5.41, 5.74) is 4.25. The second-order valence-electron chi connectivity index (χ2n) is 7.32. The molecule has 2 aliphatic rings. The van der Waals surface area contributed by atoms with Crippen LogP contribution in [0.5, 0.6) is 0 Å². The maximum atomic E-state index is 3.93. The van der Waals surface area contributed by atoms with Crippen LogP contribution >= 0.6 is 0 Å². The summed E-state index contributed by atoms with van der Waals surface area (Å²) in [5, 5.41) is 3.93. The Bertz CT molecular complexity index is 482. The van der Waals surface area contributed by atoms with E-state index in [1.807, 2.05) is 0 Å². The normalized spacial score (nSPS) is 31.1. The van der Waals surface area contributed by atoms with Crippen molar-refractivity contribution >= 4 is 0 Å². The SMILES string of the molecule is Cc1ccc(C)c(C(C)NC2CC3CCCC(C2)N3C)c1. The Balaban J connectivity index is 1.68. The standard InChI is InChI=1S/C19H30N2/c1-13-8-9-14(2)19(10-13)15(3)20-16-11-17-6-5-7-18(12-16)21(17)4/h8-10,15-18,20H,5-7,11-12H2,1-4H3. The molecule has 1 aromatic carbocycles. The zero-order valence-electron chi connectivity index (χ0n) is 14.0. The van der Waals surface area contributed by atoms with Gasteiger partial charge < -0.3 is 10.2 Å². The van der Waals surface area contributed by atoms with Crippen LogP contribution in [0, 0.1) is 13.8 Å². The van der Waals surface area contributed by atoms with Gasteiger partial charge in [0, 0.05) is 24.2 Å². The first-order chi connectivity index (χ1) is 10.0. The van der Waals surface area contributed by atoms with Crippen molar-refractivity contribution in [3.8, 4) is 0 Å². The van der Waals surface area contributed by atoms with Crippen molar-refractivity contribution in [3.05, 3.63) is 34.9 Å². The lowest BCUT2D eigenvalue weighted by molar-refractivity contribution is 0.0462. The van der Waals surface area contributed by atoms with Gasteiger partial charge in [0.1, 0.15) is 0 Å². The maximum Gasteiger partial charge on any atom is 0.0297 e. The van der Waals surface area contributed by atoms with E-state index < -0.39 is 0 Å². The number of piperidine rings is 2. The molecule has 21 heavy (non-hydrogen) atoms. The quantitative estimate of drug-likeness (QED) is 0.904. The van der Waals surface area contributed by atoms with E-state index in [1.54, 1.807) is 0 Å². The third-order valence-electron chi connectivity index (χ3n) is 5.73. The second-order valence-corrected chi connectivity index (χ2v) is 7.32. The molecule has 2 aliphatic heterocycles. The van der Waals surface area contributed by atoms with Crippen molar-refractivity contribution in [2.24, 2.45) is 0 Å². The van der Waals surface area contributed by atoms with Crippen LogP contribution in [-0.2, 0) is 0 Å². The van der Waals surface area contributed by atoms with Crippen LogP contribution < -0.4 is 5.32 Å². The van der Waals surface area contributed by atoms with Crippen molar-refractivity contribution in [2.45, 2.75) is 77.0 Å². The summed E-state index contributed by atoms with van der Waals surface area (Å²) in [5.74, 6) is 0. The van der Waals surface area contributed by atoms with Gasteiger partial charge in [-0.25, -0.2) is 0 Å². The summed E-state index contributed by atoms with van der Waals surface area (Å²) in [7, 11) is 2.33. The van der Waals surface area contributed by atoms with Crippen molar-refractivity contribution in [3.63, 3.8) is 0 Å². The molecule has 3 atom stereocenters. The van der Waals surface area contributed by atoms with E-state index in [2.05, 4.69) is 56.2 Å². The van der Waals surface area contributed by atoms with E-state index in [-0.39, 0.29) is 0 Å². The highest BCUT2D eigenvalue weighted by atomic mass is 15.2. The Morgan fingerprint density at radius 3 is 2.48 bits per heavy atom. The fraction of sp³-hybridized carbons (Fsp3) is 0.684. The molecule has 0 amide bonds. The Kier molecular flexibility index (Phi) is 4.37. The smallest absolute Gasteiger partial charge is 0.0297 e. The molecule has 1 aromatic rings. The number of nitrogens with zero attached hydrogens (tertiary/aromatic N) is 1. The molecule has 2 nitrogen and oxygen atoms in total. The Morgan fingerprint density at radius 1 is 1.14 bits per heavy atom. The Labute approximate surface area is 129 Å². The highest BCUT2D eigenvalue weighted by molar-refractivity contribution is 5.32. The van der Waals surface area contributed by atoms with Gasteiger partial charge in [-0.15, -0.1) is 0 Å². The van der Waals surface area contributed by atoms with Gasteiger partial charge in [0.2, 0.25) is 0 Å². The molecule has 0 aromatic heterocycles. The van der Waals surface area contributed by atoms with Gasteiger partial charge >= 0.3 is 0 Å². The summed E-state index contributed by atoms with van der Waals surface area (Å²) >= 11 is 0. The van der Waals surface area contributed by atoms with Crippen LogP contribution in [0.1, 0.15) is 61.8 Å². The minimum absolute atomic E-state index is 0.457. The lowest BCUT2D eigenvalue weighted by Crippen LogP contribution is -2.54. The number of benzene rings is 1. The highest BCUT2D eigenvalue weighted by Crippen LogP contribution is 2.33. The fourth-order valence-corrected chi connectivity index (χ4v) is 4.42. The van der Waals surface area contributed by atoms with Gasteiger partial charge in [-0.1, -0.05) is 30.2 Å². The van der Waals surface area contributed by atoms with E-state index in [1.165, 1.54) is 48.8 Å². The number of hydrogen-bond acceptors (Lipinski definition) is 2. The van der Waals surface area contributed by atoms with Gasteiger partial charge in [0.25, 0.3) is 0 Å². The summed E-state index contributed by atoms with van der Waals surface area (Å²) in [6.07, 6.45) is 6.86. The van der Waals surface area contributed by atoms with Crippen molar-refractivity contribution in [1.82, 2.24) is 10.2 Å². The third-order valence-corrected chi connectivity index (χ3v) is 5.73. The number of nitrogens with one attached hydrogen (secondary N) is 1. The topological polar surface area (TPSA) is 15.3 Å². The maximum absolute atomic E-state index is 3.93. The van der Waals surface area contributed by atoms with Crippen LogP contribution in [-0.4, -0.2) is 30.1 Å². The molecule has 0 radical (unpaired) electrons. The largest absolute Gasteiger partial charge is 0.307 e. The van der Waals surface area contributed by atoms with Gasteiger partial charge in [-0.2, -0.15) is 0 Å². The zero-order valence-corrected chi connectivity index (χ0v) is 14.0. The van der Waals surface area contributed by atoms with Crippen LogP contribution in [0.15, 0.2) is 18.2 Å². The molecule has 2 fully saturated rings. The first kappa shape index (κ1) is 15.1. The molecule has 1 N–H and O–H groups in total. The first-order valence-corrected chi connectivity index (χ1v) is 8.59. The van der Waals surface area contributed by atoms with Crippen LogP contribution in [0.25, 0.3) is 0 Å². The fourth-order valence-electron chi connectivity index (χ4n) is 4.42. The van der Waals surface area contributed by atoms with Crippen LogP contribution in [0.4, 0.5) is 0 Å². The zero-order chi connectivity index (χ0) is 15.0. The van der Waals surface area contributed by atoms with Crippen molar-refractivity contribution in [2.75, 3.05) is 7.05 Å². The van der Waals surface area contributed by atoms with Crippen molar-refractivity contribution in [1.29, 1.82) is 0 Å². The third kappa shape index (κ3) is 3.17. The summed E-state index contributed by atoms with van der Waals surface area (Å²) in [4.78, 5) is 2.64. The molecule has 2 bridgehead atoms. The van der Waals surface area contributed by atoms with E-state index in [0.29, 0.717) is 12.1 Å². The molecule has 0 aliphatic carbocycles. The molecule has 0 saturated carbocycles. The Hall–Kier alpha value is -0.860. The predicted octanol–water partition coefficient (Wildman–Crippen LogP) is 3.97. The average Bonchev–Trinajstić information content (AvgIpc) is 2.42.